The van der Waals surface area contributed by atoms with Gasteiger partial charge in [-0.1, -0.05) is 79.9 Å². The first-order valence-electron chi connectivity index (χ1n) is 22.5. The van der Waals surface area contributed by atoms with Crippen molar-refractivity contribution in [2.45, 2.75) is 98.5 Å². The Morgan fingerprint density at radius 2 is 1.71 bits per heavy atom. The minimum Gasteiger partial charge on any atom is -0.616 e. The number of carbonyl (C=O) groups excluding carboxylic acids is 4. The van der Waals surface area contributed by atoms with Crippen LogP contribution >= 0.6 is 34.3 Å². The average Bonchev–Trinajstić information content (AvgIpc) is 4.06. The van der Waals surface area contributed by atoms with E-state index >= 15 is 0 Å². The van der Waals surface area contributed by atoms with Crippen molar-refractivity contribution < 1.29 is 33.6 Å². The first kappa shape index (κ1) is 50.8. The number of aliphatic imine (C=N–C) groups is 1. The third kappa shape index (κ3) is 12.0. The largest absolute Gasteiger partial charge is 0.616 e. The first-order valence-corrected chi connectivity index (χ1v) is 26.1. The third-order valence-corrected chi connectivity index (χ3v) is 15.8. The van der Waals surface area contributed by atoms with Crippen molar-refractivity contribution in [3.8, 4) is 15.4 Å². The number of nitrogens with zero attached hydrogens (tertiary/aromatic N) is 6. The number of carbonyl (C=O) groups is 4. The van der Waals surface area contributed by atoms with Gasteiger partial charge in [-0.3, -0.25) is 28.7 Å². The van der Waals surface area contributed by atoms with Crippen molar-refractivity contribution in [1.29, 1.82) is 0 Å². The van der Waals surface area contributed by atoms with Crippen LogP contribution in [0.1, 0.15) is 90.5 Å². The summed E-state index contributed by atoms with van der Waals surface area (Å²) in [5.41, 5.74) is 7.62. The van der Waals surface area contributed by atoms with Gasteiger partial charge >= 0.3 is 0 Å². The molecule has 1 unspecified atom stereocenters. The molecule has 4 amide bonds. The fraction of sp³-hybridized carbons (Fsp3) is 0.458. The standard InChI is InChI=1S/C48H58ClN9O7S3/c1-27-29(3)67-47-40(27)41(32-13-15-34(49)16-14-32)53-36(44-56-55-30(4)58(44)47)22-38(60)50-17-20-68(64)19-8-18-65-25-39(61)54-43(48(5,6)7)46(63)57-24-35(59)21-37(57)45(62)51-23-31-9-11-33(12-10-31)42-28(2)52-26-66-42/h9-16,26,35-37,43,59H,8,17-25H2,1-7H3,(H,50,60)(H,51,62)(H,54,61)/t35-,36+,37+,43-,68?/m1/s1. The lowest BCUT2D eigenvalue weighted by molar-refractivity contribution is -0.144. The number of likely N-dealkylation sites (tertiary alicyclic amines) is 1. The van der Waals surface area contributed by atoms with Crippen LogP contribution in [0.2, 0.25) is 5.02 Å². The summed E-state index contributed by atoms with van der Waals surface area (Å²) in [6, 6.07) is 12.8. The molecule has 2 aromatic carbocycles. The van der Waals surface area contributed by atoms with Crippen molar-refractivity contribution >= 4 is 74.8 Å². The Morgan fingerprint density at radius 1 is 0.985 bits per heavy atom. The van der Waals surface area contributed by atoms with Crippen LogP contribution in [0, 0.1) is 33.1 Å². The number of nitrogens with one attached hydrogen (secondary N) is 3. The predicted molar refractivity (Wildman–Crippen MR) is 266 cm³/mol. The number of hydrogen-bond acceptors (Lipinski definition) is 13. The summed E-state index contributed by atoms with van der Waals surface area (Å²) in [6.45, 7) is 13.6. The van der Waals surface area contributed by atoms with Crippen molar-refractivity contribution in [3.63, 3.8) is 0 Å². The molecule has 0 aliphatic carbocycles. The summed E-state index contributed by atoms with van der Waals surface area (Å²) in [4.78, 5) is 67.0. The van der Waals surface area contributed by atoms with E-state index in [2.05, 4.69) is 45.0 Å². The lowest BCUT2D eigenvalue weighted by Crippen LogP contribution is -2.58. The van der Waals surface area contributed by atoms with Gasteiger partial charge in [0.15, 0.2) is 5.82 Å². The highest BCUT2D eigenvalue weighted by atomic mass is 35.5. The number of aliphatic hydroxyl groups excluding tert-OH is 1. The van der Waals surface area contributed by atoms with Gasteiger partial charge in [-0.25, -0.2) is 4.98 Å². The fourth-order valence-corrected chi connectivity index (χ4v) is 11.4. The van der Waals surface area contributed by atoms with Crippen molar-refractivity contribution in [2.75, 3.05) is 37.8 Å². The van der Waals surface area contributed by atoms with Gasteiger partial charge < -0.3 is 35.2 Å². The molecule has 4 N–H and O–H groups in total. The van der Waals surface area contributed by atoms with Gasteiger partial charge in [0.1, 0.15) is 47.1 Å². The van der Waals surface area contributed by atoms with Crippen LogP contribution < -0.4 is 16.0 Å². The molecule has 5 heterocycles. The Balaban J connectivity index is 0.847. The molecular weight excluding hydrogens is 946 g/mol. The summed E-state index contributed by atoms with van der Waals surface area (Å²) in [7, 11) is 0. The molecule has 2 aliphatic rings. The number of aryl methyl sites for hydroxylation is 3. The molecule has 5 atom stereocenters. The minimum atomic E-state index is -1.28. The van der Waals surface area contributed by atoms with E-state index in [1.54, 1.807) is 28.2 Å². The summed E-state index contributed by atoms with van der Waals surface area (Å²) in [5.74, 6) is 0.125. The van der Waals surface area contributed by atoms with Gasteiger partial charge in [-0.05, 0) is 61.9 Å². The summed E-state index contributed by atoms with van der Waals surface area (Å²) < 4.78 is 20.5. The lowest BCUT2D eigenvalue weighted by atomic mass is 9.85. The Morgan fingerprint density at radius 3 is 2.40 bits per heavy atom. The first-order chi connectivity index (χ1) is 32.4. The predicted octanol–water partition coefficient (Wildman–Crippen LogP) is 5.70. The van der Waals surface area contributed by atoms with E-state index in [0.29, 0.717) is 28.8 Å². The Hall–Kier alpha value is -5.02. The highest BCUT2D eigenvalue weighted by Crippen LogP contribution is 2.40. The number of aromatic nitrogens is 4. The van der Waals surface area contributed by atoms with Gasteiger partial charge in [-0.2, -0.15) is 0 Å². The summed E-state index contributed by atoms with van der Waals surface area (Å²) in [6.07, 6.45) is -0.415. The number of amides is 4. The number of hydrogen-bond donors (Lipinski definition) is 4. The van der Waals surface area contributed by atoms with Crippen LogP contribution in [-0.4, -0.2) is 120 Å². The molecule has 1 saturated heterocycles. The van der Waals surface area contributed by atoms with Gasteiger partial charge in [0.25, 0.3) is 0 Å². The van der Waals surface area contributed by atoms with Crippen LogP contribution in [0.5, 0.6) is 0 Å². The Labute approximate surface area is 412 Å². The Kier molecular flexibility index (Phi) is 16.6. The van der Waals surface area contributed by atoms with E-state index in [1.807, 2.05) is 87.7 Å². The van der Waals surface area contributed by atoms with Gasteiger partial charge in [0.2, 0.25) is 23.6 Å². The van der Waals surface area contributed by atoms with Gasteiger partial charge in [-0.15, -0.1) is 32.9 Å². The number of thiophene rings is 1. The molecule has 0 spiro atoms. The van der Waals surface area contributed by atoms with E-state index in [-0.39, 0.29) is 57.3 Å². The second kappa shape index (κ2) is 22.2. The lowest BCUT2D eigenvalue weighted by Gasteiger charge is -2.35. The van der Waals surface area contributed by atoms with Crippen molar-refractivity contribution in [2.24, 2.45) is 10.4 Å². The second-order valence-corrected chi connectivity index (χ2v) is 22.3. The Bertz CT molecular complexity index is 2640. The zero-order valence-corrected chi connectivity index (χ0v) is 42.5. The molecule has 362 valence electrons. The van der Waals surface area contributed by atoms with Crippen LogP contribution in [-0.2, 0) is 41.6 Å². The van der Waals surface area contributed by atoms with Crippen molar-refractivity contribution in [3.05, 3.63) is 104 Å². The summed E-state index contributed by atoms with van der Waals surface area (Å²) >= 11 is 8.15. The molecule has 7 rings (SSSR count). The van der Waals surface area contributed by atoms with E-state index in [0.717, 1.165) is 54.0 Å². The molecule has 0 bridgehead atoms. The van der Waals surface area contributed by atoms with E-state index in [4.69, 9.17) is 21.3 Å². The van der Waals surface area contributed by atoms with Gasteiger partial charge in [0, 0.05) is 47.0 Å². The van der Waals surface area contributed by atoms with Crippen LogP contribution in [0.15, 0.2) is 59.0 Å². The highest BCUT2D eigenvalue weighted by Gasteiger charge is 2.44. The number of β-amino-alcohol motifs (C(OH)–C–C–N with tert-alkyl or cyclic N) is 1. The number of rotatable bonds is 18. The molecule has 5 aromatic rings. The van der Waals surface area contributed by atoms with Crippen molar-refractivity contribution in [1.82, 2.24) is 40.6 Å². The zero-order chi connectivity index (χ0) is 48.9. The van der Waals surface area contributed by atoms with Gasteiger partial charge in [0.05, 0.1) is 47.5 Å². The molecule has 20 heteroatoms. The third-order valence-electron chi connectivity index (χ3n) is 12.0. The second-order valence-electron chi connectivity index (χ2n) is 18.2. The molecule has 68 heavy (non-hydrogen) atoms. The normalized spacial score (nSPS) is 17.7. The number of halogens is 1. The minimum absolute atomic E-state index is 0.00711. The quantitative estimate of drug-likeness (QED) is 0.0620. The number of ether oxygens (including phenoxy) is 1. The fourth-order valence-electron chi connectivity index (χ4n) is 8.26. The van der Waals surface area contributed by atoms with Crippen LogP contribution in [0.3, 0.4) is 0 Å². The summed E-state index contributed by atoms with van der Waals surface area (Å²) in [5, 5.41) is 29.6. The maximum Gasteiger partial charge on any atom is 0.246 e. The van der Waals surface area contributed by atoms with E-state index in [1.165, 1.54) is 4.90 Å². The van der Waals surface area contributed by atoms with Crippen LogP contribution in [0.4, 0.5) is 0 Å². The molecule has 1 fully saturated rings. The number of fused-ring (bicyclic) bond motifs is 3. The maximum atomic E-state index is 14.0. The number of thiazole rings is 1. The number of aliphatic hydroxyl groups is 1. The molecule has 0 saturated carbocycles. The van der Waals surface area contributed by atoms with E-state index < -0.39 is 58.5 Å². The molecule has 2 aliphatic heterocycles. The number of benzene rings is 2. The topological polar surface area (TPSA) is 216 Å². The molecule has 0 radical (unpaired) electrons. The maximum absolute atomic E-state index is 14.0. The SMILES string of the molecule is Cc1ncsc1-c1ccc(CNC(=O)[C@@H]2C[C@@H](O)CN2C(=O)[C@@H](NC(=O)COCCC[S+]([O-])CCNC(=O)C[C@@H]2N=C(c3ccc(Cl)cc3)c3c(sc(C)c3C)-n3c(C)nnc32)C(C)(C)C)cc1. The molecule has 16 nitrogen and oxygen atoms in total. The average molecular weight is 1000 g/mol. The smallest absolute Gasteiger partial charge is 0.246 e. The molecule has 3 aromatic heterocycles. The van der Waals surface area contributed by atoms with E-state index in [9.17, 15) is 28.8 Å². The zero-order valence-electron chi connectivity index (χ0n) is 39.3. The van der Waals surface area contributed by atoms with Crippen LogP contribution in [0.25, 0.3) is 15.4 Å². The monoisotopic (exact) mass is 1000 g/mol. The highest BCUT2D eigenvalue weighted by molar-refractivity contribution is 7.91. The molecular formula is C48H58ClN9O7S3.